The first kappa shape index (κ1) is 15.7. The lowest BCUT2D eigenvalue weighted by molar-refractivity contribution is 0.579. The molecule has 1 N–H and O–H groups in total. The number of hydrogen-bond donors (Lipinski definition) is 1. The number of rotatable bonds is 4. The quantitative estimate of drug-likeness (QED) is 0.803. The van der Waals surface area contributed by atoms with E-state index in [1.807, 2.05) is 25.1 Å². The normalized spacial score (nSPS) is 13.3. The lowest BCUT2D eigenvalue weighted by atomic mass is 9.96. The third-order valence-electron chi connectivity index (χ3n) is 3.33. The average Bonchev–Trinajstić information content (AvgIpc) is 2.47. The molecule has 0 aliphatic carbocycles. The van der Waals surface area contributed by atoms with E-state index in [-0.39, 0.29) is 6.04 Å². The fourth-order valence-corrected chi connectivity index (χ4v) is 2.18. The molecule has 0 aliphatic heterocycles. The summed E-state index contributed by atoms with van der Waals surface area (Å²) >= 11 is 5.86. The summed E-state index contributed by atoms with van der Waals surface area (Å²) in [5, 5.41) is 3.72. The van der Waals surface area contributed by atoms with Crippen LogP contribution in [-0.2, 0) is 0 Å². The van der Waals surface area contributed by atoms with Gasteiger partial charge in [-0.15, -0.1) is 0 Å². The molecular weight excluding hydrogens is 292 g/mol. The number of nitrogens with one attached hydrogen (secondary N) is 1. The van der Waals surface area contributed by atoms with Gasteiger partial charge in [-0.25, -0.2) is 8.78 Å². The zero-order valence-electron chi connectivity index (χ0n) is 11.8. The Balaban J connectivity index is 2.50. The average molecular weight is 308 g/mol. The Kier molecular flexibility index (Phi) is 5.10. The van der Waals surface area contributed by atoms with Crippen molar-refractivity contribution < 1.29 is 8.78 Å². The van der Waals surface area contributed by atoms with Gasteiger partial charge in [0.05, 0.1) is 0 Å². The summed E-state index contributed by atoms with van der Waals surface area (Å²) < 4.78 is 27.1. The minimum Gasteiger partial charge on any atom is -0.313 e. The van der Waals surface area contributed by atoms with Crippen molar-refractivity contribution in [2.75, 3.05) is 7.05 Å². The SMILES string of the molecule is CNC(C)/C(=C/c1ccc(Cl)cc1)c1ccc(F)cc1F. The van der Waals surface area contributed by atoms with E-state index >= 15 is 0 Å². The third-order valence-corrected chi connectivity index (χ3v) is 3.59. The van der Waals surface area contributed by atoms with Crippen molar-refractivity contribution in [1.29, 1.82) is 0 Å². The van der Waals surface area contributed by atoms with Gasteiger partial charge in [0.25, 0.3) is 0 Å². The summed E-state index contributed by atoms with van der Waals surface area (Å²) in [6, 6.07) is 10.8. The summed E-state index contributed by atoms with van der Waals surface area (Å²) in [6.07, 6.45) is 1.87. The lowest BCUT2D eigenvalue weighted by Gasteiger charge is -2.17. The largest absolute Gasteiger partial charge is 0.313 e. The van der Waals surface area contributed by atoms with Crippen LogP contribution in [0.1, 0.15) is 18.1 Å². The molecular formula is C17H16ClF2N. The molecule has 0 fully saturated rings. The maximum Gasteiger partial charge on any atom is 0.133 e. The van der Waals surface area contributed by atoms with E-state index in [2.05, 4.69) is 5.32 Å². The van der Waals surface area contributed by atoms with Crippen LogP contribution in [0, 0.1) is 11.6 Å². The highest BCUT2D eigenvalue weighted by atomic mass is 35.5. The number of likely N-dealkylation sites (N-methyl/N-ethyl adjacent to an activating group) is 1. The highest BCUT2D eigenvalue weighted by Gasteiger charge is 2.14. The molecule has 0 radical (unpaired) electrons. The van der Waals surface area contributed by atoms with Crippen molar-refractivity contribution in [2.24, 2.45) is 0 Å². The van der Waals surface area contributed by atoms with Crippen LogP contribution >= 0.6 is 11.6 Å². The van der Waals surface area contributed by atoms with Crippen molar-refractivity contribution in [1.82, 2.24) is 5.32 Å². The van der Waals surface area contributed by atoms with E-state index in [1.165, 1.54) is 12.1 Å². The van der Waals surface area contributed by atoms with E-state index < -0.39 is 11.6 Å². The summed E-state index contributed by atoms with van der Waals surface area (Å²) in [5.41, 5.74) is 2.03. The molecule has 2 aromatic carbocycles. The van der Waals surface area contributed by atoms with Crippen molar-refractivity contribution in [3.05, 3.63) is 70.2 Å². The molecule has 0 aliphatic rings. The Morgan fingerprint density at radius 3 is 2.38 bits per heavy atom. The standard InChI is InChI=1S/C17H16ClF2N/c1-11(21-2)16(9-12-3-5-13(18)6-4-12)15-8-7-14(19)10-17(15)20/h3-11,21H,1-2H3/b16-9-. The lowest BCUT2D eigenvalue weighted by Crippen LogP contribution is -2.23. The molecule has 0 amide bonds. The molecule has 0 aromatic heterocycles. The maximum atomic E-state index is 14.0. The van der Waals surface area contributed by atoms with E-state index in [4.69, 9.17) is 11.6 Å². The van der Waals surface area contributed by atoms with Gasteiger partial charge in [-0.05, 0) is 55.4 Å². The number of hydrogen-bond acceptors (Lipinski definition) is 1. The molecule has 0 saturated carbocycles. The van der Waals surface area contributed by atoms with Crippen LogP contribution in [0.4, 0.5) is 8.78 Å². The van der Waals surface area contributed by atoms with Gasteiger partial charge in [0.2, 0.25) is 0 Å². The highest BCUT2D eigenvalue weighted by Crippen LogP contribution is 2.25. The third kappa shape index (κ3) is 3.90. The second-order valence-electron chi connectivity index (χ2n) is 4.79. The van der Waals surface area contributed by atoms with Gasteiger partial charge < -0.3 is 5.32 Å². The second kappa shape index (κ2) is 6.83. The number of benzene rings is 2. The van der Waals surface area contributed by atoms with E-state index in [9.17, 15) is 8.78 Å². The predicted octanol–water partition coefficient (Wildman–Crippen LogP) is 4.77. The molecule has 1 atom stereocenters. The van der Waals surface area contributed by atoms with E-state index in [0.717, 1.165) is 17.2 Å². The van der Waals surface area contributed by atoms with Crippen LogP contribution in [0.15, 0.2) is 42.5 Å². The van der Waals surface area contributed by atoms with Gasteiger partial charge in [0, 0.05) is 22.7 Å². The van der Waals surface area contributed by atoms with Gasteiger partial charge in [-0.3, -0.25) is 0 Å². The fraction of sp³-hybridized carbons (Fsp3) is 0.176. The molecule has 0 saturated heterocycles. The molecule has 0 bridgehead atoms. The Bertz CT molecular complexity index is 650. The molecule has 4 heteroatoms. The van der Waals surface area contributed by atoms with Gasteiger partial charge in [-0.2, -0.15) is 0 Å². The first-order valence-corrected chi connectivity index (χ1v) is 6.99. The predicted molar refractivity (Wildman–Crippen MR) is 84.2 cm³/mol. The van der Waals surface area contributed by atoms with E-state index in [0.29, 0.717) is 10.6 Å². The number of halogens is 3. The first-order chi connectivity index (χ1) is 10.0. The highest BCUT2D eigenvalue weighted by molar-refractivity contribution is 6.30. The molecule has 21 heavy (non-hydrogen) atoms. The maximum absolute atomic E-state index is 14.0. The van der Waals surface area contributed by atoms with Gasteiger partial charge in [0.1, 0.15) is 11.6 Å². The van der Waals surface area contributed by atoms with Crippen LogP contribution in [-0.4, -0.2) is 13.1 Å². The molecule has 1 nitrogen and oxygen atoms in total. The zero-order chi connectivity index (χ0) is 15.4. The summed E-state index contributed by atoms with van der Waals surface area (Å²) in [5.74, 6) is -1.16. The minimum atomic E-state index is -0.584. The Hall–Kier alpha value is -1.71. The summed E-state index contributed by atoms with van der Waals surface area (Å²) in [7, 11) is 1.79. The molecule has 2 rings (SSSR count). The van der Waals surface area contributed by atoms with Crippen molar-refractivity contribution >= 4 is 23.3 Å². The van der Waals surface area contributed by atoms with Gasteiger partial charge >= 0.3 is 0 Å². The first-order valence-electron chi connectivity index (χ1n) is 6.61. The Morgan fingerprint density at radius 2 is 1.81 bits per heavy atom. The minimum absolute atomic E-state index is 0.0827. The summed E-state index contributed by atoms with van der Waals surface area (Å²) in [4.78, 5) is 0. The Labute approximate surface area is 128 Å². The van der Waals surface area contributed by atoms with Crippen molar-refractivity contribution in [2.45, 2.75) is 13.0 Å². The second-order valence-corrected chi connectivity index (χ2v) is 5.22. The molecule has 2 aromatic rings. The molecule has 0 spiro atoms. The monoisotopic (exact) mass is 307 g/mol. The van der Waals surface area contributed by atoms with Crippen LogP contribution in [0.5, 0.6) is 0 Å². The fourth-order valence-electron chi connectivity index (χ4n) is 2.05. The van der Waals surface area contributed by atoms with Crippen molar-refractivity contribution in [3.8, 4) is 0 Å². The van der Waals surface area contributed by atoms with Crippen molar-refractivity contribution in [3.63, 3.8) is 0 Å². The Morgan fingerprint density at radius 1 is 1.14 bits per heavy atom. The van der Waals surface area contributed by atoms with Crippen LogP contribution in [0.25, 0.3) is 11.6 Å². The van der Waals surface area contributed by atoms with Crippen LogP contribution in [0.3, 0.4) is 0 Å². The molecule has 110 valence electrons. The topological polar surface area (TPSA) is 12.0 Å². The zero-order valence-corrected chi connectivity index (χ0v) is 12.6. The van der Waals surface area contributed by atoms with Crippen LogP contribution in [0.2, 0.25) is 5.02 Å². The van der Waals surface area contributed by atoms with Crippen LogP contribution < -0.4 is 5.32 Å². The molecule has 1 unspecified atom stereocenters. The van der Waals surface area contributed by atoms with Gasteiger partial charge in [-0.1, -0.05) is 23.7 Å². The summed E-state index contributed by atoms with van der Waals surface area (Å²) in [6.45, 7) is 1.92. The smallest absolute Gasteiger partial charge is 0.133 e. The van der Waals surface area contributed by atoms with E-state index in [1.54, 1.807) is 19.2 Å². The van der Waals surface area contributed by atoms with Gasteiger partial charge in [0.15, 0.2) is 0 Å². The molecule has 0 heterocycles.